The highest BCUT2D eigenvalue weighted by molar-refractivity contribution is 6.08. The quantitative estimate of drug-likeness (QED) is 0.772. The van der Waals surface area contributed by atoms with Gasteiger partial charge in [-0.2, -0.15) is 5.10 Å². The zero-order valence-electron chi connectivity index (χ0n) is 8.39. The minimum atomic E-state index is -1.17. The van der Waals surface area contributed by atoms with Crippen molar-refractivity contribution in [2.45, 2.75) is 0 Å². The van der Waals surface area contributed by atoms with E-state index in [9.17, 15) is 9.59 Å². The molecule has 2 radical (unpaired) electrons. The van der Waals surface area contributed by atoms with E-state index in [0.717, 1.165) is 0 Å². The van der Waals surface area contributed by atoms with Crippen LogP contribution in [0.3, 0.4) is 0 Å². The van der Waals surface area contributed by atoms with Crippen LogP contribution in [-0.2, 0) is 0 Å². The van der Waals surface area contributed by atoms with Crippen LogP contribution in [0.1, 0.15) is 20.8 Å². The molecule has 2 amide bonds. The van der Waals surface area contributed by atoms with Crippen molar-refractivity contribution < 1.29 is 9.59 Å². The van der Waals surface area contributed by atoms with Gasteiger partial charge in [0.2, 0.25) is 0 Å². The zero-order valence-corrected chi connectivity index (χ0v) is 8.39. The van der Waals surface area contributed by atoms with Crippen molar-refractivity contribution in [1.82, 2.24) is 31.6 Å². The van der Waals surface area contributed by atoms with E-state index >= 15 is 0 Å². The number of imidazole rings is 1. The Morgan fingerprint density at radius 1 is 1.24 bits per heavy atom. The van der Waals surface area contributed by atoms with Gasteiger partial charge in [-0.1, -0.05) is 0 Å². The Morgan fingerprint density at radius 3 is 2.53 bits per heavy atom. The van der Waals surface area contributed by atoms with E-state index < -0.39 is 17.5 Å². The minimum Gasteiger partial charge on any atom is -0.345 e. The van der Waals surface area contributed by atoms with Gasteiger partial charge in [-0.15, -0.1) is 5.10 Å². The van der Waals surface area contributed by atoms with Gasteiger partial charge in [-0.05, 0) is 0 Å². The van der Waals surface area contributed by atoms with Gasteiger partial charge in [-0.3, -0.25) is 21.1 Å². The number of H-pyrrole nitrogens is 1. The van der Waals surface area contributed by atoms with Crippen LogP contribution in [-0.4, -0.2) is 32.0 Å². The molecular formula is C9H6N6O2. The van der Waals surface area contributed by atoms with Crippen molar-refractivity contribution in [3.05, 3.63) is 29.8 Å². The number of carbonyl (C=O) groups is 2. The highest BCUT2D eigenvalue weighted by atomic mass is 16.2. The average molecular weight is 230 g/mol. The Labute approximate surface area is 95.1 Å². The number of nitrogens with zero attached hydrogens (tertiary/aromatic N) is 3. The molecule has 0 saturated heterocycles. The van der Waals surface area contributed by atoms with Gasteiger partial charge in [-0.25, -0.2) is 4.98 Å². The molecule has 0 saturated carbocycles. The maximum absolute atomic E-state index is 11.2. The number of hydrogen-bond acceptors (Lipinski definition) is 5. The predicted octanol–water partition coefficient (Wildman–Crippen LogP) is -0.287. The lowest BCUT2D eigenvalue weighted by Gasteiger charge is -2.04. The molecule has 3 N–H and O–H groups in total. The largest absolute Gasteiger partial charge is 0.345 e. The lowest BCUT2D eigenvalue weighted by molar-refractivity contribution is 0.0954. The number of amides is 2. The van der Waals surface area contributed by atoms with E-state index in [-0.39, 0.29) is 17.0 Å². The standard InChI is InChI=1S/C9H6N6O2/c10-7(16)5-4(9-12-1-2-13-9)3-14-15-6(5)8(11)17/h1-3,10-11H,(H,12,13). The first-order valence-corrected chi connectivity index (χ1v) is 4.48. The molecule has 8 nitrogen and oxygen atoms in total. The highest BCUT2D eigenvalue weighted by Crippen LogP contribution is 2.20. The number of aromatic amines is 1. The summed E-state index contributed by atoms with van der Waals surface area (Å²) < 4.78 is 0. The van der Waals surface area contributed by atoms with Gasteiger partial charge in [0.05, 0.1) is 17.3 Å². The second-order valence-corrected chi connectivity index (χ2v) is 3.08. The summed E-state index contributed by atoms with van der Waals surface area (Å²) in [4.78, 5) is 28.8. The molecule has 0 atom stereocenters. The molecule has 17 heavy (non-hydrogen) atoms. The zero-order chi connectivity index (χ0) is 12.4. The Bertz CT molecular complexity index is 577. The maximum atomic E-state index is 11.2. The third kappa shape index (κ3) is 1.83. The average Bonchev–Trinajstić information content (AvgIpc) is 2.81. The SMILES string of the molecule is [NH]C(=O)c1nncc(-c2ncc[nH]2)c1C([NH])=O. The van der Waals surface area contributed by atoms with Gasteiger partial charge in [0.25, 0.3) is 11.8 Å². The van der Waals surface area contributed by atoms with Crippen molar-refractivity contribution in [3.63, 3.8) is 0 Å². The van der Waals surface area contributed by atoms with Crippen LogP contribution in [0, 0.1) is 0 Å². The second-order valence-electron chi connectivity index (χ2n) is 3.08. The van der Waals surface area contributed by atoms with Gasteiger partial charge >= 0.3 is 0 Å². The summed E-state index contributed by atoms with van der Waals surface area (Å²) in [6.45, 7) is 0. The third-order valence-corrected chi connectivity index (χ3v) is 2.05. The molecule has 8 heteroatoms. The molecule has 2 heterocycles. The first kappa shape index (κ1) is 10.7. The summed E-state index contributed by atoms with van der Waals surface area (Å²) in [7, 11) is 0. The molecule has 0 spiro atoms. The maximum Gasteiger partial charge on any atom is 0.291 e. The fourth-order valence-electron chi connectivity index (χ4n) is 1.37. The number of hydrogen-bond donors (Lipinski definition) is 1. The summed E-state index contributed by atoms with van der Waals surface area (Å²) in [5, 5.41) is 6.92. The number of rotatable bonds is 3. The smallest absolute Gasteiger partial charge is 0.291 e. The number of carbonyl (C=O) groups excluding carboxylic acids is 2. The monoisotopic (exact) mass is 230 g/mol. The second kappa shape index (κ2) is 4.00. The van der Waals surface area contributed by atoms with Crippen LogP contribution in [0.25, 0.3) is 11.4 Å². The van der Waals surface area contributed by atoms with Crippen LogP contribution >= 0.6 is 0 Å². The van der Waals surface area contributed by atoms with E-state index in [1.807, 2.05) is 0 Å². The molecule has 0 aliphatic heterocycles. The van der Waals surface area contributed by atoms with Gasteiger partial charge in [0.1, 0.15) is 5.82 Å². The molecule has 0 aliphatic rings. The summed E-state index contributed by atoms with van der Waals surface area (Å²) in [5.74, 6) is -1.98. The van der Waals surface area contributed by atoms with Crippen LogP contribution in [0.5, 0.6) is 0 Å². The van der Waals surface area contributed by atoms with Crippen molar-refractivity contribution in [1.29, 1.82) is 0 Å². The molecule has 0 fully saturated rings. The number of nitrogens with one attached hydrogen (secondary N) is 3. The minimum absolute atomic E-state index is 0.181. The Hall–Kier alpha value is -2.77. The highest BCUT2D eigenvalue weighted by Gasteiger charge is 2.22. The van der Waals surface area contributed by atoms with Crippen molar-refractivity contribution in [2.24, 2.45) is 0 Å². The molecule has 2 aromatic heterocycles. The number of aromatic nitrogens is 4. The van der Waals surface area contributed by atoms with E-state index in [4.69, 9.17) is 11.5 Å². The molecule has 0 unspecified atom stereocenters. The fourth-order valence-corrected chi connectivity index (χ4v) is 1.37. The van der Waals surface area contributed by atoms with Crippen molar-refractivity contribution >= 4 is 11.8 Å². The molecule has 0 bridgehead atoms. The van der Waals surface area contributed by atoms with Gasteiger partial charge in [0.15, 0.2) is 5.69 Å². The summed E-state index contributed by atoms with van der Waals surface area (Å²) >= 11 is 0. The Morgan fingerprint density at radius 2 is 2.00 bits per heavy atom. The van der Waals surface area contributed by atoms with E-state index in [1.165, 1.54) is 18.6 Å². The molecule has 0 aliphatic carbocycles. The van der Waals surface area contributed by atoms with Crippen LogP contribution in [0.4, 0.5) is 0 Å². The normalized spacial score (nSPS) is 10.1. The van der Waals surface area contributed by atoms with Crippen molar-refractivity contribution in [2.75, 3.05) is 0 Å². The Kier molecular flexibility index (Phi) is 2.53. The van der Waals surface area contributed by atoms with Gasteiger partial charge in [0, 0.05) is 12.4 Å². The molecule has 2 aromatic rings. The molecular weight excluding hydrogens is 224 g/mol. The summed E-state index contributed by atoms with van der Waals surface area (Å²) in [6, 6.07) is 0. The predicted molar refractivity (Wildman–Crippen MR) is 54.5 cm³/mol. The van der Waals surface area contributed by atoms with Crippen LogP contribution in [0.15, 0.2) is 18.6 Å². The van der Waals surface area contributed by atoms with E-state index in [0.29, 0.717) is 0 Å². The van der Waals surface area contributed by atoms with Crippen molar-refractivity contribution in [3.8, 4) is 11.4 Å². The first-order valence-electron chi connectivity index (χ1n) is 4.48. The topological polar surface area (TPSA) is 136 Å². The molecule has 2 rings (SSSR count). The summed E-state index contributed by atoms with van der Waals surface area (Å²) in [5.41, 5.74) is 13.5. The van der Waals surface area contributed by atoms with Gasteiger partial charge < -0.3 is 4.98 Å². The molecule has 0 aromatic carbocycles. The first-order chi connectivity index (χ1) is 8.11. The lowest BCUT2D eigenvalue weighted by Crippen LogP contribution is -2.15. The van der Waals surface area contributed by atoms with Crippen LogP contribution in [0.2, 0.25) is 0 Å². The fraction of sp³-hybridized carbons (Fsp3) is 0. The van der Waals surface area contributed by atoms with Crippen LogP contribution < -0.4 is 11.5 Å². The van der Waals surface area contributed by atoms with E-state index in [1.54, 1.807) is 0 Å². The molecule has 84 valence electrons. The lowest BCUT2D eigenvalue weighted by atomic mass is 10.1. The summed E-state index contributed by atoms with van der Waals surface area (Å²) in [6.07, 6.45) is 4.19. The van der Waals surface area contributed by atoms with E-state index in [2.05, 4.69) is 20.2 Å². The third-order valence-electron chi connectivity index (χ3n) is 2.05. The Balaban J connectivity index is 2.72.